The zero-order valence-corrected chi connectivity index (χ0v) is 30.3. The van der Waals surface area contributed by atoms with Gasteiger partial charge in [0, 0.05) is 57.4 Å². The Hall–Kier alpha value is -7.44. The second kappa shape index (κ2) is 11.1. The Balaban J connectivity index is 1.06. The summed E-state index contributed by atoms with van der Waals surface area (Å²) in [5.41, 5.74) is 18.9. The SMILES string of the molecule is c1ccc(-n2c(-c3c4n(c5ccccc35)Cc3cc5c(cc3-4)Cn3c-5c(-c4nc5ccccc5n4-c4ccccc4)c4ccccc43)nc3ccccc32)cc1. The summed E-state index contributed by atoms with van der Waals surface area (Å²) in [4.78, 5) is 10.8. The van der Waals surface area contributed by atoms with Gasteiger partial charge in [-0.3, -0.25) is 9.13 Å². The minimum atomic E-state index is 0.794. The van der Waals surface area contributed by atoms with Crippen molar-refractivity contribution in [3.63, 3.8) is 0 Å². The first-order valence-corrected chi connectivity index (χ1v) is 19.3. The van der Waals surface area contributed by atoms with Gasteiger partial charge in [-0.25, -0.2) is 9.97 Å². The molecule has 0 atom stereocenters. The minimum absolute atomic E-state index is 0.794. The van der Waals surface area contributed by atoms with Gasteiger partial charge in [-0.15, -0.1) is 0 Å². The molecule has 11 aromatic rings. The summed E-state index contributed by atoms with van der Waals surface area (Å²) in [5.74, 6) is 1.94. The van der Waals surface area contributed by atoms with E-state index in [2.05, 4.69) is 188 Å². The quantitative estimate of drug-likeness (QED) is 0.182. The van der Waals surface area contributed by atoms with Crippen LogP contribution < -0.4 is 0 Å². The van der Waals surface area contributed by atoms with Gasteiger partial charge in [0.1, 0.15) is 11.6 Å². The van der Waals surface area contributed by atoms with Crippen molar-refractivity contribution in [1.29, 1.82) is 0 Å². The highest BCUT2D eigenvalue weighted by Crippen LogP contribution is 2.52. The maximum Gasteiger partial charge on any atom is 0.148 e. The van der Waals surface area contributed by atoms with Crippen molar-refractivity contribution in [3.8, 4) is 56.7 Å². The van der Waals surface area contributed by atoms with E-state index in [0.717, 1.165) is 58.2 Å². The number of imidazole rings is 2. The lowest BCUT2D eigenvalue weighted by Crippen LogP contribution is -1.98. The first-order valence-electron chi connectivity index (χ1n) is 19.3. The van der Waals surface area contributed by atoms with Crippen molar-refractivity contribution in [2.24, 2.45) is 0 Å². The van der Waals surface area contributed by atoms with Crippen molar-refractivity contribution in [1.82, 2.24) is 28.2 Å². The molecule has 0 N–H and O–H groups in total. The van der Waals surface area contributed by atoms with Crippen molar-refractivity contribution < 1.29 is 0 Å². The maximum absolute atomic E-state index is 5.40. The predicted octanol–water partition coefficient (Wildman–Crippen LogP) is 11.7. The summed E-state index contributed by atoms with van der Waals surface area (Å²) in [6, 6.07) is 60.9. The van der Waals surface area contributed by atoms with Gasteiger partial charge >= 0.3 is 0 Å². The Labute approximate surface area is 321 Å². The molecule has 0 unspecified atom stereocenters. The lowest BCUT2D eigenvalue weighted by atomic mass is 9.94. The highest BCUT2D eigenvalue weighted by atomic mass is 15.1. The number of rotatable bonds is 4. The molecule has 0 spiro atoms. The third-order valence-electron chi connectivity index (χ3n) is 12.0. The van der Waals surface area contributed by atoms with Gasteiger partial charge in [0.25, 0.3) is 0 Å². The van der Waals surface area contributed by atoms with Crippen LogP contribution in [0.3, 0.4) is 0 Å². The smallest absolute Gasteiger partial charge is 0.148 e. The number of hydrogen-bond donors (Lipinski definition) is 0. The van der Waals surface area contributed by atoms with Crippen molar-refractivity contribution in [2.45, 2.75) is 13.1 Å². The molecule has 7 aromatic carbocycles. The molecule has 0 saturated carbocycles. The number of fused-ring (bicyclic) bond motifs is 12. The summed E-state index contributed by atoms with van der Waals surface area (Å²) >= 11 is 0. The van der Waals surface area contributed by atoms with E-state index in [9.17, 15) is 0 Å². The van der Waals surface area contributed by atoms with Crippen LogP contribution in [0.15, 0.2) is 170 Å². The van der Waals surface area contributed by atoms with E-state index in [-0.39, 0.29) is 0 Å². The van der Waals surface area contributed by atoms with E-state index >= 15 is 0 Å². The van der Waals surface area contributed by atoms with Crippen LogP contribution >= 0.6 is 0 Å². The fraction of sp³-hybridized carbons (Fsp3) is 0.0400. The second-order valence-corrected chi connectivity index (χ2v) is 15.0. The molecule has 56 heavy (non-hydrogen) atoms. The van der Waals surface area contributed by atoms with E-state index < -0.39 is 0 Å². The Morgan fingerprint density at radius 3 is 1.20 bits per heavy atom. The summed E-state index contributed by atoms with van der Waals surface area (Å²) in [5, 5.41) is 2.45. The molecule has 4 aromatic heterocycles. The monoisotopic (exact) mass is 716 g/mol. The molecule has 2 aliphatic rings. The number of nitrogens with zero attached hydrogens (tertiary/aromatic N) is 6. The van der Waals surface area contributed by atoms with Crippen LogP contribution in [0.4, 0.5) is 0 Å². The van der Waals surface area contributed by atoms with Crippen LogP contribution in [0.2, 0.25) is 0 Å². The summed E-state index contributed by atoms with van der Waals surface area (Å²) in [6.45, 7) is 1.59. The topological polar surface area (TPSA) is 45.5 Å². The Morgan fingerprint density at radius 2 is 0.750 bits per heavy atom. The standard InChI is InChI=1S/C50H32N6/c1-3-15-33(16-4-1)55-43-25-13-9-21-39(43)51-49(55)45-35-19-7-11-23-41(35)53-29-31-28-38-32(27-37(31)47(45)53)30-54-42-24-12-8-20-36(42)46(48(38)54)50-52-40-22-10-14-26-44(40)56(50)34-17-5-2-6-18-34/h1-28H,29-30H2. The highest BCUT2D eigenvalue weighted by molar-refractivity contribution is 6.09. The molecule has 6 heterocycles. The molecule has 0 radical (unpaired) electrons. The molecule has 6 heteroatoms. The van der Waals surface area contributed by atoms with Gasteiger partial charge in [-0.1, -0.05) is 97.1 Å². The van der Waals surface area contributed by atoms with Crippen molar-refractivity contribution in [2.75, 3.05) is 0 Å². The number of aromatic nitrogens is 6. The molecule has 262 valence electrons. The van der Waals surface area contributed by atoms with Gasteiger partial charge < -0.3 is 9.13 Å². The fourth-order valence-corrected chi connectivity index (χ4v) is 9.74. The van der Waals surface area contributed by atoms with Crippen LogP contribution in [0.5, 0.6) is 0 Å². The lowest BCUT2D eigenvalue weighted by molar-refractivity contribution is 0.886. The van der Waals surface area contributed by atoms with Crippen molar-refractivity contribution >= 4 is 43.9 Å². The summed E-state index contributed by atoms with van der Waals surface area (Å²) in [7, 11) is 0. The molecule has 0 fully saturated rings. The lowest BCUT2D eigenvalue weighted by Gasteiger charge is -2.13. The Morgan fingerprint density at radius 1 is 0.375 bits per heavy atom. The molecule has 0 amide bonds. The molecular formula is C50H32N6. The minimum Gasteiger partial charge on any atom is -0.335 e. The van der Waals surface area contributed by atoms with E-state index in [1.807, 2.05) is 0 Å². The Bertz CT molecular complexity index is 3180. The number of benzene rings is 7. The average Bonchev–Trinajstić information content (AvgIpc) is 4.09. The predicted molar refractivity (Wildman–Crippen MR) is 227 cm³/mol. The molecule has 2 aliphatic heterocycles. The Kier molecular flexibility index (Phi) is 5.91. The largest absolute Gasteiger partial charge is 0.335 e. The zero-order chi connectivity index (χ0) is 36.5. The van der Waals surface area contributed by atoms with Gasteiger partial charge in [0.05, 0.1) is 44.6 Å². The molecule has 6 nitrogen and oxygen atoms in total. The van der Waals surface area contributed by atoms with Crippen LogP contribution in [-0.4, -0.2) is 28.2 Å². The average molecular weight is 717 g/mol. The fourth-order valence-electron chi connectivity index (χ4n) is 9.74. The van der Waals surface area contributed by atoms with Gasteiger partial charge in [0.2, 0.25) is 0 Å². The first-order chi connectivity index (χ1) is 27.8. The van der Waals surface area contributed by atoms with E-state index in [1.165, 1.54) is 66.6 Å². The molecular weight excluding hydrogens is 685 g/mol. The molecule has 13 rings (SSSR count). The third-order valence-corrected chi connectivity index (χ3v) is 12.0. The van der Waals surface area contributed by atoms with Crippen LogP contribution in [-0.2, 0) is 13.1 Å². The first kappa shape index (κ1) is 29.9. The van der Waals surface area contributed by atoms with E-state index in [1.54, 1.807) is 0 Å². The van der Waals surface area contributed by atoms with Gasteiger partial charge in [0.15, 0.2) is 0 Å². The van der Waals surface area contributed by atoms with Crippen LogP contribution in [0.1, 0.15) is 11.1 Å². The zero-order valence-electron chi connectivity index (χ0n) is 30.3. The van der Waals surface area contributed by atoms with Gasteiger partial charge in [-0.2, -0.15) is 0 Å². The second-order valence-electron chi connectivity index (χ2n) is 15.0. The van der Waals surface area contributed by atoms with Crippen LogP contribution in [0, 0.1) is 0 Å². The third kappa shape index (κ3) is 3.94. The maximum atomic E-state index is 5.40. The van der Waals surface area contributed by atoms with Crippen molar-refractivity contribution in [3.05, 3.63) is 181 Å². The van der Waals surface area contributed by atoms with E-state index in [0.29, 0.717) is 0 Å². The normalized spacial score (nSPS) is 12.9. The number of hydrogen-bond acceptors (Lipinski definition) is 2. The van der Waals surface area contributed by atoms with Gasteiger partial charge in [-0.05, 0) is 83.9 Å². The van der Waals surface area contributed by atoms with Crippen LogP contribution in [0.25, 0.3) is 101 Å². The highest BCUT2D eigenvalue weighted by Gasteiger charge is 2.35. The molecule has 0 aliphatic carbocycles. The van der Waals surface area contributed by atoms with E-state index in [4.69, 9.17) is 9.97 Å². The molecule has 0 saturated heterocycles. The molecule has 0 bridgehead atoms. The number of para-hydroxylation sites is 8. The summed E-state index contributed by atoms with van der Waals surface area (Å²) in [6.07, 6.45) is 0. The summed E-state index contributed by atoms with van der Waals surface area (Å²) < 4.78 is 9.72.